The van der Waals surface area contributed by atoms with Crippen molar-refractivity contribution in [3.63, 3.8) is 0 Å². The number of aryl methyl sites for hydroxylation is 1. The fourth-order valence-corrected chi connectivity index (χ4v) is 3.29. The molecule has 1 aliphatic heterocycles. The highest BCUT2D eigenvalue weighted by atomic mass is 15.1. The van der Waals surface area contributed by atoms with Crippen LogP contribution >= 0.6 is 0 Å². The first kappa shape index (κ1) is 13.4. The first-order chi connectivity index (χ1) is 9.70. The lowest BCUT2D eigenvalue weighted by atomic mass is 9.82. The first-order valence-corrected chi connectivity index (χ1v) is 7.57. The monoisotopic (exact) mass is 265 g/mol. The molecule has 0 spiro atoms. The van der Waals surface area contributed by atoms with E-state index in [1.807, 2.05) is 0 Å². The van der Waals surface area contributed by atoms with Crippen LogP contribution in [0.2, 0.25) is 0 Å². The van der Waals surface area contributed by atoms with Gasteiger partial charge in [-0.15, -0.1) is 0 Å². The molecule has 1 nitrogen and oxygen atoms in total. The van der Waals surface area contributed by atoms with Crippen LogP contribution in [0.15, 0.2) is 42.5 Å². The van der Waals surface area contributed by atoms with Crippen LogP contribution in [0.25, 0.3) is 0 Å². The van der Waals surface area contributed by atoms with Gasteiger partial charge in [0.2, 0.25) is 0 Å². The molecule has 1 unspecified atom stereocenters. The van der Waals surface area contributed by atoms with E-state index < -0.39 is 0 Å². The van der Waals surface area contributed by atoms with Crippen LogP contribution in [0.4, 0.5) is 0 Å². The average Bonchev–Trinajstić information content (AvgIpc) is 2.51. The van der Waals surface area contributed by atoms with Gasteiger partial charge in [0.15, 0.2) is 0 Å². The second-order valence-electron chi connectivity index (χ2n) is 5.87. The number of fused-ring (bicyclic) bond motifs is 1. The standard InChI is InChI=1S/C19H23N/c1-4-20-12-18-15(3)14(2)10-11-17(18)19(13-20)16-8-6-5-7-9-16/h5-11,19H,4,12-13H2,1-3H3. The molecule has 0 aliphatic carbocycles. The minimum absolute atomic E-state index is 0.513. The van der Waals surface area contributed by atoms with E-state index in [1.165, 1.54) is 22.3 Å². The molecule has 1 heterocycles. The second-order valence-corrected chi connectivity index (χ2v) is 5.87. The Morgan fingerprint density at radius 1 is 1.05 bits per heavy atom. The quantitative estimate of drug-likeness (QED) is 0.783. The molecular weight excluding hydrogens is 242 g/mol. The van der Waals surface area contributed by atoms with Crippen molar-refractivity contribution in [2.75, 3.05) is 13.1 Å². The van der Waals surface area contributed by atoms with Crippen molar-refractivity contribution in [1.82, 2.24) is 4.90 Å². The molecule has 2 aromatic rings. The molecule has 0 fully saturated rings. The van der Waals surface area contributed by atoms with Gasteiger partial charge < -0.3 is 0 Å². The maximum atomic E-state index is 2.56. The van der Waals surface area contributed by atoms with Gasteiger partial charge in [0.25, 0.3) is 0 Å². The lowest BCUT2D eigenvalue weighted by molar-refractivity contribution is 0.252. The molecule has 2 aromatic carbocycles. The van der Waals surface area contributed by atoms with Gasteiger partial charge in [0.1, 0.15) is 0 Å². The van der Waals surface area contributed by atoms with E-state index in [1.54, 1.807) is 5.56 Å². The molecule has 1 heteroatoms. The summed E-state index contributed by atoms with van der Waals surface area (Å²) >= 11 is 0. The summed E-state index contributed by atoms with van der Waals surface area (Å²) in [5.41, 5.74) is 7.40. The maximum absolute atomic E-state index is 2.56. The van der Waals surface area contributed by atoms with Crippen molar-refractivity contribution < 1.29 is 0 Å². The number of rotatable bonds is 2. The summed E-state index contributed by atoms with van der Waals surface area (Å²) in [5, 5.41) is 0. The molecule has 20 heavy (non-hydrogen) atoms. The van der Waals surface area contributed by atoms with Crippen LogP contribution in [-0.4, -0.2) is 18.0 Å². The van der Waals surface area contributed by atoms with Crippen LogP contribution in [0.3, 0.4) is 0 Å². The third-order valence-electron chi connectivity index (χ3n) is 4.75. The predicted molar refractivity (Wildman–Crippen MR) is 85.2 cm³/mol. The highest BCUT2D eigenvalue weighted by Gasteiger charge is 2.26. The molecule has 0 amide bonds. The fourth-order valence-electron chi connectivity index (χ4n) is 3.29. The maximum Gasteiger partial charge on any atom is 0.0239 e. The molecule has 0 bridgehead atoms. The van der Waals surface area contributed by atoms with E-state index in [4.69, 9.17) is 0 Å². The van der Waals surface area contributed by atoms with Gasteiger partial charge in [-0.2, -0.15) is 0 Å². The topological polar surface area (TPSA) is 3.24 Å². The number of likely N-dealkylation sites (N-methyl/N-ethyl adjacent to an activating group) is 1. The van der Waals surface area contributed by atoms with Crippen molar-refractivity contribution in [1.29, 1.82) is 0 Å². The second kappa shape index (κ2) is 5.41. The molecule has 104 valence electrons. The number of hydrogen-bond acceptors (Lipinski definition) is 1. The zero-order chi connectivity index (χ0) is 14.1. The van der Waals surface area contributed by atoms with Gasteiger partial charge in [-0.05, 0) is 48.2 Å². The summed E-state index contributed by atoms with van der Waals surface area (Å²) < 4.78 is 0. The molecule has 3 rings (SSSR count). The average molecular weight is 265 g/mol. The summed E-state index contributed by atoms with van der Waals surface area (Å²) in [6.07, 6.45) is 0. The third kappa shape index (κ3) is 2.27. The Morgan fingerprint density at radius 3 is 2.50 bits per heavy atom. The van der Waals surface area contributed by atoms with Gasteiger partial charge in [0.05, 0.1) is 0 Å². The summed E-state index contributed by atoms with van der Waals surface area (Å²) in [6.45, 7) is 10.1. The molecule has 1 aliphatic rings. The van der Waals surface area contributed by atoms with Gasteiger partial charge in [-0.3, -0.25) is 4.90 Å². The normalized spacial score (nSPS) is 18.9. The lowest BCUT2D eigenvalue weighted by Crippen LogP contribution is -2.34. The summed E-state index contributed by atoms with van der Waals surface area (Å²) in [7, 11) is 0. The SMILES string of the molecule is CCN1Cc2c(ccc(C)c2C)C(c2ccccc2)C1. The molecule has 0 radical (unpaired) electrons. The van der Waals surface area contributed by atoms with Gasteiger partial charge in [0, 0.05) is 19.0 Å². The Labute approximate surface area is 122 Å². The van der Waals surface area contributed by atoms with E-state index in [0.29, 0.717) is 5.92 Å². The van der Waals surface area contributed by atoms with Crippen LogP contribution < -0.4 is 0 Å². The predicted octanol–water partition coefficient (Wildman–Crippen LogP) is 4.27. The highest BCUT2D eigenvalue weighted by Crippen LogP contribution is 2.35. The number of nitrogens with zero attached hydrogens (tertiary/aromatic N) is 1. The van der Waals surface area contributed by atoms with Crippen molar-refractivity contribution in [3.8, 4) is 0 Å². The largest absolute Gasteiger partial charge is 0.298 e. The number of hydrogen-bond donors (Lipinski definition) is 0. The van der Waals surface area contributed by atoms with E-state index in [0.717, 1.165) is 19.6 Å². The van der Waals surface area contributed by atoms with E-state index in [2.05, 4.69) is 68.1 Å². The smallest absolute Gasteiger partial charge is 0.0239 e. The van der Waals surface area contributed by atoms with E-state index >= 15 is 0 Å². The Bertz CT molecular complexity index is 601. The van der Waals surface area contributed by atoms with Crippen molar-refractivity contribution >= 4 is 0 Å². The van der Waals surface area contributed by atoms with Crippen LogP contribution in [-0.2, 0) is 6.54 Å². The van der Waals surface area contributed by atoms with Gasteiger partial charge in [-0.25, -0.2) is 0 Å². The zero-order valence-corrected chi connectivity index (χ0v) is 12.7. The van der Waals surface area contributed by atoms with Crippen molar-refractivity contribution in [2.45, 2.75) is 33.2 Å². The highest BCUT2D eigenvalue weighted by molar-refractivity contribution is 5.46. The Hall–Kier alpha value is -1.60. The van der Waals surface area contributed by atoms with E-state index in [-0.39, 0.29) is 0 Å². The Morgan fingerprint density at radius 2 is 1.80 bits per heavy atom. The number of benzene rings is 2. The summed E-state index contributed by atoms with van der Waals surface area (Å²) in [4.78, 5) is 2.56. The molecule has 0 N–H and O–H groups in total. The Kier molecular flexibility index (Phi) is 3.62. The lowest BCUT2D eigenvalue weighted by Gasteiger charge is -2.35. The van der Waals surface area contributed by atoms with E-state index in [9.17, 15) is 0 Å². The summed E-state index contributed by atoms with van der Waals surface area (Å²) in [6, 6.07) is 15.6. The molecule has 0 saturated carbocycles. The van der Waals surface area contributed by atoms with Crippen LogP contribution in [0.5, 0.6) is 0 Å². The molecule has 0 saturated heterocycles. The third-order valence-corrected chi connectivity index (χ3v) is 4.75. The van der Waals surface area contributed by atoms with Gasteiger partial charge in [-0.1, -0.05) is 49.4 Å². The molecule has 1 atom stereocenters. The Balaban J connectivity index is 2.11. The van der Waals surface area contributed by atoms with Crippen LogP contribution in [0.1, 0.15) is 40.7 Å². The van der Waals surface area contributed by atoms with Crippen LogP contribution in [0, 0.1) is 13.8 Å². The summed E-state index contributed by atoms with van der Waals surface area (Å²) in [5.74, 6) is 0.513. The first-order valence-electron chi connectivity index (χ1n) is 7.57. The van der Waals surface area contributed by atoms with Crippen molar-refractivity contribution in [3.05, 3.63) is 70.3 Å². The van der Waals surface area contributed by atoms with Crippen molar-refractivity contribution in [2.24, 2.45) is 0 Å². The zero-order valence-electron chi connectivity index (χ0n) is 12.7. The minimum atomic E-state index is 0.513. The fraction of sp³-hybridized carbons (Fsp3) is 0.368. The molecular formula is C19H23N. The minimum Gasteiger partial charge on any atom is -0.298 e. The molecule has 0 aromatic heterocycles. The van der Waals surface area contributed by atoms with Gasteiger partial charge >= 0.3 is 0 Å².